The van der Waals surface area contributed by atoms with Crippen molar-refractivity contribution in [3.05, 3.63) is 34.9 Å². The van der Waals surface area contributed by atoms with E-state index in [1.807, 2.05) is 6.20 Å². The third-order valence-electron chi connectivity index (χ3n) is 5.01. The Kier molecular flexibility index (Phi) is 5.97. The van der Waals surface area contributed by atoms with Crippen LogP contribution in [0.25, 0.3) is 16.7 Å². The number of nitrogens with one attached hydrogen (secondary N) is 3. The molecule has 0 amide bonds. The number of nitrogens with zero attached hydrogens (tertiary/aromatic N) is 4. The number of anilines is 1. The molecule has 1 aliphatic rings. The van der Waals surface area contributed by atoms with E-state index in [4.69, 9.17) is 21.8 Å². The second-order valence-corrected chi connectivity index (χ2v) is 7.33. The highest BCUT2D eigenvalue weighted by Crippen LogP contribution is 2.39. The van der Waals surface area contributed by atoms with E-state index >= 15 is 4.39 Å². The summed E-state index contributed by atoms with van der Waals surface area (Å²) >= 11 is 6.21. The first-order valence-corrected chi connectivity index (χ1v) is 9.86. The topological polar surface area (TPSA) is 112 Å². The minimum atomic E-state index is -0.531. The maximum Gasteiger partial charge on any atom is 0.179 e. The van der Waals surface area contributed by atoms with Gasteiger partial charge in [-0.1, -0.05) is 16.8 Å². The molecule has 9 nitrogen and oxygen atoms in total. The number of aliphatic hydroxyl groups is 2. The lowest BCUT2D eigenvalue weighted by atomic mass is 9.98. The molecule has 1 fully saturated rings. The predicted octanol–water partition coefficient (Wildman–Crippen LogP) is 0.992. The van der Waals surface area contributed by atoms with Gasteiger partial charge in [-0.2, -0.15) is 0 Å². The minimum absolute atomic E-state index is 0.000297. The zero-order valence-corrected chi connectivity index (χ0v) is 16.5. The van der Waals surface area contributed by atoms with Gasteiger partial charge in [-0.05, 0) is 18.1 Å². The molecule has 0 unspecified atom stereocenters. The Labute approximate surface area is 171 Å². The van der Waals surface area contributed by atoms with Gasteiger partial charge in [0.05, 0.1) is 29.9 Å². The predicted molar refractivity (Wildman–Crippen MR) is 108 cm³/mol. The first kappa shape index (κ1) is 20.0. The molecular formula is C18H23ClFN7O2. The number of hydrogen-bond donors (Lipinski definition) is 5. The normalized spacial score (nSPS) is 14.9. The zero-order valence-electron chi connectivity index (χ0n) is 15.7. The molecule has 156 valence electrons. The highest BCUT2D eigenvalue weighted by molar-refractivity contribution is 6.32. The number of hydrazine groups is 1. The van der Waals surface area contributed by atoms with Crippen LogP contribution in [0.2, 0.25) is 5.02 Å². The summed E-state index contributed by atoms with van der Waals surface area (Å²) in [6.45, 7) is 2.23. The van der Waals surface area contributed by atoms with E-state index < -0.39 is 5.82 Å². The van der Waals surface area contributed by atoms with Crippen molar-refractivity contribution in [2.75, 3.05) is 38.2 Å². The molecule has 29 heavy (non-hydrogen) atoms. The molecule has 3 heterocycles. The maximum atomic E-state index is 15.2. The number of rotatable bonds is 8. The van der Waals surface area contributed by atoms with Gasteiger partial charge in [-0.15, -0.1) is 5.10 Å². The molecule has 0 spiro atoms. The number of hydrogen-bond acceptors (Lipinski definition) is 7. The summed E-state index contributed by atoms with van der Waals surface area (Å²) in [6.07, 6.45) is 4.09. The van der Waals surface area contributed by atoms with Gasteiger partial charge in [0.15, 0.2) is 11.6 Å². The van der Waals surface area contributed by atoms with E-state index in [0.29, 0.717) is 49.6 Å². The minimum Gasteiger partial charge on any atom is -0.396 e. The molecule has 1 saturated heterocycles. The first-order valence-electron chi connectivity index (χ1n) is 9.48. The Hall–Kier alpha value is -2.24. The van der Waals surface area contributed by atoms with E-state index in [-0.39, 0.29) is 24.2 Å². The van der Waals surface area contributed by atoms with Crippen molar-refractivity contribution < 1.29 is 14.6 Å². The van der Waals surface area contributed by atoms with Gasteiger partial charge in [0.25, 0.3) is 0 Å². The third kappa shape index (κ3) is 3.81. The van der Waals surface area contributed by atoms with Crippen LogP contribution in [0.15, 0.2) is 18.5 Å². The van der Waals surface area contributed by atoms with Crippen LogP contribution in [-0.2, 0) is 6.54 Å². The molecule has 0 radical (unpaired) electrons. The van der Waals surface area contributed by atoms with Crippen molar-refractivity contribution in [2.45, 2.75) is 18.9 Å². The van der Waals surface area contributed by atoms with Crippen LogP contribution in [-0.4, -0.2) is 62.6 Å². The second-order valence-electron chi connectivity index (χ2n) is 6.92. The Balaban J connectivity index is 1.90. The van der Waals surface area contributed by atoms with Gasteiger partial charge < -0.3 is 15.5 Å². The molecule has 0 atom stereocenters. The van der Waals surface area contributed by atoms with E-state index in [9.17, 15) is 0 Å². The van der Waals surface area contributed by atoms with Gasteiger partial charge in [0, 0.05) is 49.4 Å². The summed E-state index contributed by atoms with van der Waals surface area (Å²) in [5.41, 5.74) is 8.21. The third-order valence-corrected chi connectivity index (χ3v) is 5.28. The van der Waals surface area contributed by atoms with Gasteiger partial charge in [0.2, 0.25) is 0 Å². The molecule has 2 aromatic heterocycles. The Morgan fingerprint density at radius 2 is 2.03 bits per heavy atom. The monoisotopic (exact) mass is 423 g/mol. The summed E-state index contributed by atoms with van der Waals surface area (Å²) in [4.78, 5) is 0. The maximum absolute atomic E-state index is 15.2. The van der Waals surface area contributed by atoms with Crippen molar-refractivity contribution in [1.82, 2.24) is 30.4 Å². The van der Waals surface area contributed by atoms with Crippen molar-refractivity contribution in [3.8, 4) is 5.82 Å². The van der Waals surface area contributed by atoms with Crippen LogP contribution in [0.5, 0.6) is 0 Å². The quantitative estimate of drug-likeness (QED) is 0.343. The Morgan fingerprint density at radius 1 is 1.24 bits per heavy atom. The summed E-state index contributed by atoms with van der Waals surface area (Å²) in [5.74, 6) is 0.0394. The van der Waals surface area contributed by atoms with E-state index in [1.165, 1.54) is 4.68 Å². The van der Waals surface area contributed by atoms with Crippen LogP contribution in [0.4, 0.5) is 10.1 Å². The molecular weight excluding hydrogens is 401 g/mol. The number of aliphatic hydroxyl groups excluding tert-OH is 2. The van der Waals surface area contributed by atoms with E-state index in [2.05, 4.69) is 26.5 Å². The van der Waals surface area contributed by atoms with Crippen molar-refractivity contribution in [3.63, 3.8) is 0 Å². The lowest BCUT2D eigenvalue weighted by Crippen LogP contribution is -2.21. The first-order chi connectivity index (χ1) is 14.1. The Bertz CT molecular complexity index is 1000. The molecule has 5 N–H and O–H groups in total. The average Bonchev–Trinajstić information content (AvgIpc) is 3.44. The van der Waals surface area contributed by atoms with Crippen molar-refractivity contribution in [2.24, 2.45) is 0 Å². The number of benzene rings is 1. The average molecular weight is 424 g/mol. The summed E-state index contributed by atoms with van der Waals surface area (Å²) in [6, 6.07) is 1.59. The molecule has 0 aliphatic carbocycles. The fourth-order valence-corrected chi connectivity index (χ4v) is 3.82. The SMILES string of the molecule is OCCCNc1cc(Cl)c(F)c2c1c(C1CNNC1)cn2-c1cn(CCO)nn1. The van der Waals surface area contributed by atoms with E-state index in [0.717, 1.165) is 10.9 Å². The standard InChI is InChI=1S/C18H23ClFN7O2/c19-13-6-14(21-2-1-4-28)16-12(11-7-22-23-8-11)9-27(18(16)17(13)20)15-10-26(3-5-29)25-24-15/h6,9-11,21-23,28-29H,1-5,7-8H2. The fraction of sp³-hybridized carbons (Fsp3) is 0.444. The van der Waals surface area contributed by atoms with Gasteiger partial charge in [0.1, 0.15) is 0 Å². The molecule has 1 aliphatic heterocycles. The molecule has 0 saturated carbocycles. The summed E-state index contributed by atoms with van der Waals surface area (Å²) in [7, 11) is 0. The summed E-state index contributed by atoms with van der Waals surface area (Å²) < 4.78 is 18.4. The molecule has 11 heteroatoms. The highest BCUT2D eigenvalue weighted by atomic mass is 35.5. The molecule has 1 aromatic carbocycles. The van der Waals surface area contributed by atoms with Crippen LogP contribution in [0.3, 0.4) is 0 Å². The van der Waals surface area contributed by atoms with Crippen LogP contribution in [0, 0.1) is 5.82 Å². The molecule has 0 bridgehead atoms. The number of halogens is 2. The lowest BCUT2D eigenvalue weighted by molar-refractivity contribution is 0.268. The fourth-order valence-electron chi connectivity index (χ4n) is 3.62. The van der Waals surface area contributed by atoms with Crippen molar-refractivity contribution in [1.29, 1.82) is 0 Å². The van der Waals surface area contributed by atoms with E-state index in [1.54, 1.807) is 16.8 Å². The van der Waals surface area contributed by atoms with Crippen molar-refractivity contribution >= 4 is 28.2 Å². The van der Waals surface area contributed by atoms with Gasteiger partial charge in [-0.3, -0.25) is 15.4 Å². The lowest BCUT2D eigenvalue weighted by Gasteiger charge is -2.13. The van der Waals surface area contributed by atoms with Crippen LogP contribution in [0.1, 0.15) is 17.9 Å². The molecule has 4 rings (SSSR count). The smallest absolute Gasteiger partial charge is 0.179 e. The summed E-state index contributed by atoms with van der Waals surface area (Å²) in [5, 5.41) is 30.4. The number of aromatic nitrogens is 4. The van der Waals surface area contributed by atoms with Crippen LogP contribution < -0.4 is 16.2 Å². The second kappa shape index (κ2) is 8.64. The Morgan fingerprint density at radius 3 is 2.76 bits per heavy atom. The zero-order chi connectivity index (χ0) is 20.4. The van der Waals surface area contributed by atoms with Gasteiger partial charge >= 0.3 is 0 Å². The highest BCUT2D eigenvalue weighted by Gasteiger charge is 2.27. The van der Waals surface area contributed by atoms with Gasteiger partial charge in [-0.25, -0.2) is 9.07 Å². The molecule has 3 aromatic rings. The largest absolute Gasteiger partial charge is 0.396 e. The van der Waals surface area contributed by atoms with Crippen LogP contribution >= 0.6 is 11.6 Å². The number of fused-ring (bicyclic) bond motifs is 1.